The molecule has 1 aliphatic rings. The maximum atomic E-state index is 12.1. The number of halogens is 1. The van der Waals surface area contributed by atoms with Crippen molar-refractivity contribution in [2.24, 2.45) is 5.10 Å². The number of esters is 1. The van der Waals surface area contributed by atoms with Gasteiger partial charge >= 0.3 is 5.97 Å². The normalized spacial score (nSPS) is 15.4. The molecule has 29 heavy (non-hydrogen) atoms. The number of ether oxygens (including phenoxy) is 4. The number of amides is 1. The van der Waals surface area contributed by atoms with Crippen LogP contribution in [0.15, 0.2) is 41.5 Å². The molecule has 8 nitrogen and oxygen atoms in total. The lowest BCUT2D eigenvalue weighted by atomic mass is 10.1. The van der Waals surface area contributed by atoms with Crippen molar-refractivity contribution in [3.63, 3.8) is 0 Å². The van der Waals surface area contributed by atoms with Crippen LogP contribution < -0.4 is 14.2 Å². The minimum absolute atomic E-state index is 0.0917. The number of carbonyl (C=O) groups is 2. The van der Waals surface area contributed by atoms with Crippen LogP contribution in [-0.2, 0) is 14.3 Å². The molecule has 1 heterocycles. The zero-order valence-corrected chi connectivity index (χ0v) is 17.0. The van der Waals surface area contributed by atoms with Crippen molar-refractivity contribution in [1.82, 2.24) is 5.01 Å². The van der Waals surface area contributed by atoms with Gasteiger partial charge in [0, 0.05) is 25.0 Å². The first-order valence-corrected chi connectivity index (χ1v) is 8.97. The molecule has 1 atom stereocenters. The Morgan fingerprint density at radius 3 is 2.34 bits per heavy atom. The van der Waals surface area contributed by atoms with E-state index >= 15 is 0 Å². The van der Waals surface area contributed by atoms with Crippen LogP contribution >= 0.6 is 11.6 Å². The van der Waals surface area contributed by atoms with E-state index < -0.39 is 12.2 Å². The largest absolute Gasteiger partial charge is 0.497 e. The molecule has 0 bridgehead atoms. The average Bonchev–Trinajstić information content (AvgIpc) is 3.15. The van der Waals surface area contributed by atoms with E-state index in [1.807, 2.05) is 0 Å². The van der Waals surface area contributed by atoms with Gasteiger partial charge in [0.05, 0.1) is 19.2 Å². The summed E-state index contributed by atoms with van der Waals surface area (Å²) in [7, 11) is 2.99. The molecule has 0 aromatic heterocycles. The maximum absolute atomic E-state index is 12.1. The summed E-state index contributed by atoms with van der Waals surface area (Å²) in [6.45, 7) is 2.64. The SMILES string of the molecule is COc1ccc(C2=NN(C(C)=O)[C@@H](c3cc(Cl)c(OC(C)=O)c(OC)c3)O2)cc1. The van der Waals surface area contributed by atoms with Crippen molar-refractivity contribution in [2.45, 2.75) is 20.1 Å². The summed E-state index contributed by atoms with van der Waals surface area (Å²) in [6.07, 6.45) is -0.859. The Bertz CT molecular complexity index is 974. The minimum atomic E-state index is -0.859. The predicted molar refractivity (Wildman–Crippen MR) is 105 cm³/mol. The highest BCUT2D eigenvalue weighted by Crippen LogP contribution is 2.41. The van der Waals surface area contributed by atoms with Crippen LogP contribution in [0.5, 0.6) is 17.2 Å². The predicted octanol–water partition coefficient (Wildman–Crippen LogP) is 3.52. The molecule has 3 rings (SSSR count). The van der Waals surface area contributed by atoms with Crippen LogP contribution in [-0.4, -0.2) is 37.0 Å². The maximum Gasteiger partial charge on any atom is 0.308 e. The monoisotopic (exact) mass is 418 g/mol. The van der Waals surface area contributed by atoms with Crippen molar-refractivity contribution in [1.29, 1.82) is 0 Å². The molecule has 2 aromatic rings. The number of hydrogen-bond acceptors (Lipinski definition) is 7. The Morgan fingerprint density at radius 1 is 1.10 bits per heavy atom. The highest BCUT2D eigenvalue weighted by atomic mass is 35.5. The number of benzene rings is 2. The zero-order chi connectivity index (χ0) is 21.1. The van der Waals surface area contributed by atoms with Gasteiger partial charge in [-0.3, -0.25) is 9.59 Å². The van der Waals surface area contributed by atoms with Crippen LogP contribution in [0.25, 0.3) is 0 Å². The number of nitrogens with zero attached hydrogens (tertiary/aromatic N) is 2. The standard InChI is InChI=1S/C20H19ClN2O6/c1-11(24)23-20(29-19(22-23)13-5-7-15(26-3)8-6-13)14-9-16(21)18(28-12(2)25)17(10-14)27-4/h5-10,20H,1-4H3/t20-/m1/s1. The van der Waals surface area contributed by atoms with Crippen LogP contribution in [0.4, 0.5) is 0 Å². The molecular formula is C20H19ClN2O6. The molecule has 0 saturated carbocycles. The fourth-order valence-electron chi connectivity index (χ4n) is 2.76. The van der Waals surface area contributed by atoms with Crippen molar-refractivity contribution < 1.29 is 28.5 Å². The molecule has 1 aliphatic heterocycles. The lowest BCUT2D eigenvalue weighted by molar-refractivity contribution is -0.135. The summed E-state index contributed by atoms with van der Waals surface area (Å²) in [4.78, 5) is 23.5. The van der Waals surface area contributed by atoms with E-state index in [0.717, 1.165) is 0 Å². The fraction of sp³-hybridized carbons (Fsp3) is 0.250. The summed E-state index contributed by atoms with van der Waals surface area (Å²) in [5, 5.41) is 5.64. The van der Waals surface area contributed by atoms with Gasteiger partial charge in [0.25, 0.3) is 0 Å². The molecule has 0 fully saturated rings. The third-order valence-electron chi connectivity index (χ3n) is 4.09. The van der Waals surface area contributed by atoms with Gasteiger partial charge in [-0.2, -0.15) is 5.01 Å². The first-order chi connectivity index (χ1) is 13.8. The molecule has 0 spiro atoms. The van der Waals surface area contributed by atoms with E-state index in [1.54, 1.807) is 37.4 Å². The van der Waals surface area contributed by atoms with E-state index in [9.17, 15) is 9.59 Å². The fourth-order valence-corrected chi connectivity index (χ4v) is 3.02. The smallest absolute Gasteiger partial charge is 0.308 e. The van der Waals surface area contributed by atoms with E-state index in [0.29, 0.717) is 16.9 Å². The van der Waals surface area contributed by atoms with Gasteiger partial charge in [-0.1, -0.05) is 11.6 Å². The third-order valence-corrected chi connectivity index (χ3v) is 4.37. The molecule has 2 aromatic carbocycles. The van der Waals surface area contributed by atoms with Crippen molar-refractivity contribution in [3.8, 4) is 17.2 Å². The molecule has 0 saturated heterocycles. The Hall–Kier alpha value is -3.26. The number of hydrogen-bond donors (Lipinski definition) is 0. The van der Waals surface area contributed by atoms with Crippen LogP contribution in [0.2, 0.25) is 5.02 Å². The van der Waals surface area contributed by atoms with Gasteiger partial charge in [0.1, 0.15) is 5.75 Å². The molecule has 0 radical (unpaired) electrons. The molecular weight excluding hydrogens is 400 g/mol. The summed E-state index contributed by atoms with van der Waals surface area (Å²) >= 11 is 6.28. The Kier molecular flexibility index (Phi) is 5.93. The molecule has 0 unspecified atom stereocenters. The Labute approximate surface area is 172 Å². The van der Waals surface area contributed by atoms with Gasteiger partial charge in [0.15, 0.2) is 11.5 Å². The highest BCUT2D eigenvalue weighted by Gasteiger charge is 2.34. The number of carbonyl (C=O) groups excluding carboxylic acids is 2. The van der Waals surface area contributed by atoms with E-state index in [2.05, 4.69) is 5.10 Å². The number of hydrazone groups is 1. The zero-order valence-electron chi connectivity index (χ0n) is 16.3. The summed E-state index contributed by atoms with van der Waals surface area (Å²) in [5.74, 6) is 0.418. The topological polar surface area (TPSA) is 86.7 Å². The van der Waals surface area contributed by atoms with Gasteiger partial charge in [0.2, 0.25) is 18.0 Å². The van der Waals surface area contributed by atoms with Crippen molar-refractivity contribution in [2.75, 3.05) is 14.2 Å². The Morgan fingerprint density at radius 2 is 1.79 bits per heavy atom. The second kappa shape index (κ2) is 8.40. The summed E-state index contributed by atoms with van der Waals surface area (Å²) in [5.41, 5.74) is 1.18. The number of rotatable bonds is 5. The van der Waals surface area contributed by atoms with Gasteiger partial charge in [-0.05, 0) is 36.4 Å². The minimum Gasteiger partial charge on any atom is -0.497 e. The lowest BCUT2D eigenvalue weighted by Crippen LogP contribution is -2.25. The van der Waals surface area contributed by atoms with Crippen LogP contribution in [0.1, 0.15) is 31.2 Å². The summed E-state index contributed by atoms with van der Waals surface area (Å²) < 4.78 is 21.5. The van der Waals surface area contributed by atoms with E-state index in [4.69, 9.17) is 30.5 Å². The second-order valence-electron chi connectivity index (χ2n) is 6.10. The molecule has 1 amide bonds. The van der Waals surface area contributed by atoms with Gasteiger partial charge < -0.3 is 18.9 Å². The van der Waals surface area contributed by atoms with Crippen molar-refractivity contribution >= 4 is 29.4 Å². The third kappa shape index (κ3) is 4.27. The summed E-state index contributed by atoms with van der Waals surface area (Å²) in [6, 6.07) is 10.2. The molecule has 152 valence electrons. The Balaban J connectivity index is 1.96. The van der Waals surface area contributed by atoms with Crippen LogP contribution in [0.3, 0.4) is 0 Å². The van der Waals surface area contributed by atoms with E-state index in [-0.39, 0.29) is 28.3 Å². The molecule has 0 N–H and O–H groups in total. The van der Waals surface area contributed by atoms with Gasteiger partial charge in [-0.15, -0.1) is 5.10 Å². The quantitative estimate of drug-likeness (QED) is 0.545. The second-order valence-corrected chi connectivity index (χ2v) is 6.50. The molecule has 0 aliphatic carbocycles. The average molecular weight is 419 g/mol. The molecule has 9 heteroatoms. The number of methoxy groups -OCH3 is 2. The highest BCUT2D eigenvalue weighted by molar-refractivity contribution is 6.32. The lowest BCUT2D eigenvalue weighted by Gasteiger charge is -2.21. The van der Waals surface area contributed by atoms with Crippen LogP contribution in [0, 0.1) is 0 Å². The van der Waals surface area contributed by atoms with Crippen molar-refractivity contribution in [3.05, 3.63) is 52.5 Å². The van der Waals surface area contributed by atoms with Gasteiger partial charge in [-0.25, -0.2) is 0 Å². The van der Waals surface area contributed by atoms with E-state index in [1.165, 1.54) is 32.0 Å². The first kappa shape index (κ1) is 20.5. The first-order valence-electron chi connectivity index (χ1n) is 8.59.